The van der Waals surface area contributed by atoms with Crippen LogP contribution in [0, 0.1) is 5.82 Å². The third kappa shape index (κ3) is 5.57. The number of nitrogens with zero attached hydrogens (tertiary/aromatic N) is 1. The summed E-state index contributed by atoms with van der Waals surface area (Å²) in [5.41, 5.74) is 2.04. The van der Waals surface area contributed by atoms with E-state index in [9.17, 15) is 19.1 Å². The van der Waals surface area contributed by atoms with Gasteiger partial charge in [0, 0.05) is 24.0 Å². The highest BCUT2D eigenvalue weighted by Crippen LogP contribution is 2.38. The Balaban J connectivity index is 1.54. The zero-order valence-corrected chi connectivity index (χ0v) is 20.1. The van der Waals surface area contributed by atoms with Crippen molar-refractivity contribution in [1.29, 1.82) is 0 Å². The fraction of sp³-hybridized carbons (Fsp3) is 0.259. The highest BCUT2D eigenvalue weighted by molar-refractivity contribution is 6.30. The second-order valence-electron chi connectivity index (χ2n) is 8.84. The van der Waals surface area contributed by atoms with Gasteiger partial charge >= 0.3 is 5.97 Å². The minimum Gasteiger partial charge on any atom is -0.496 e. The Bertz CT molecular complexity index is 1280. The first kappa shape index (κ1) is 24.5. The van der Waals surface area contributed by atoms with Crippen LogP contribution < -0.4 is 9.47 Å². The molecule has 0 aromatic heterocycles. The van der Waals surface area contributed by atoms with Crippen LogP contribution in [0.4, 0.5) is 4.39 Å². The van der Waals surface area contributed by atoms with Crippen LogP contribution in [0.15, 0.2) is 60.7 Å². The summed E-state index contributed by atoms with van der Waals surface area (Å²) in [7, 11) is 1.53. The van der Waals surface area contributed by atoms with E-state index in [1.54, 1.807) is 42.5 Å². The summed E-state index contributed by atoms with van der Waals surface area (Å²) in [6.45, 7) is 1.56. The molecule has 3 aromatic carbocycles. The third-order valence-electron chi connectivity index (χ3n) is 5.96. The number of benzene rings is 3. The summed E-state index contributed by atoms with van der Waals surface area (Å²) in [5, 5.41) is 9.47. The zero-order chi connectivity index (χ0) is 25.2. The van der Waals surface area contributed by atoms with Gasteiger partial charge in [0.15, 0.2) is 0 Å². The van der Waals surface area contributed by atoms with Crippen LogP contribution in [0.25, 0.3) is 0 Å². The van der Waals surface area contributed by atoms with Crippen LogP contribution in [0.5, 0.6) is 11.5 Å². The second kappa shape index (κ2) is 9.96. The topological polar surface area (TPSA) is 76.1 Å². The largest absolute Gasteiger partial charge is 0.496 e. The van der Waals surface area contributed by atoms with E-state index < -0.39 is 29.8 Å². The van der Waals surface area contributed by atoms with Crippen molar-refractivity contribution >= 4 is 23.5 Å². The van der Waals surface area contributed by atoms with Gasteiger partial charge in [-0.1, -0.05) is 35.9 Å². The molecule has 1 atom stereocenters. The smallest absolute Gasteiger partial charge is 0.323 e. The molecule has 0 radical (unpaired) electrons. The second-order valence-corrected chi connectivity index (χ2v) is 9.25. The van der Waals surface area contributed by atoms with E-state index in [1.807, 2.05) is 13.0 Å². The first-order valence-electron chi connectivity index (χ1n) is 11.1. The molecular weight excluding hydrogens is 473 g/mol. The number of carboxylic acid groups (broad SMARTS) is 1. The van der Waals surface area contributed by atoms with E-state index in [2.05, 4.69) is 0 Å². The summed E-state index contributed by atoms with van der Waals surface area (Å²) in [4.78, 5) is 26.1. The zero-order valence-electron chi connectivity index (χ0n) is 19.4. The lowest BCUT2D eigenvalue weighted by Gasteiger charge is -2.24. The predicted molar refractivity (Wildman–Crippen MR) is 130 cm³/mol. The van der Waals surface area contributed by atoms with E-state index in [1.165, 1.54) is 24.1 Å². The van der Waals surface area contributed by atoms with Gasteiger partial charge in [0.1, 0.15) is 29.5 Å². The molecular formula is C27H25ClFNO5. The van der Waals surface area contributed by atoms with E-state index in [4.69, 9.17) is 21.1 Å². The Morgan fingerprint density at radius 3 is 2.66 bits per heavy atom. The molecule has 3 aromatic rings. The van der Waals surface area contributed by atoms with Crippen LogP contribution in [-0.2, 0) is 24.2 Å². The van der Waals surface area contributed by atoms with Crippen LogP contribution in [0.3, 0.4) is 0 Å². The van der Waals surface area contributed by atoms with Crippen molar-refractivity contribution in [3.05, 3.63) is 93.8 Å². The number of carbonyl (C=O) groups is 2. The number of aliphatic carboxylic acids is 1. The first-order valence-corrected chi connectivity index (χ1v) is 11.4. The number of hydrogen-bond donors (Lipinski definition) is 1. The minimum atomic E-state index is -1.11. The maximum absolute atomic E-state index is 13.9. The fourth-order valence-electron chi connectivity index (χ4n) is 4.42. The number of rotatable bonds is 8. The van der Waals surface area contributed by atoms with E-state index >= 15 is 0 Å². The molecule has 0 aliphatic carbocycles. The fourth-order valence-corrected chi connectivity index (χ4v) is 4.54. The lowest BCUT2D eigenvalue weighted by Crippen LogP contribution is -2.35. The van der Waals surface area contributed by atoms with Crippen molar-refractivity contribution in [2.45, 2.75) is 31.9 Å². The highest BCUT2D eigenvalue weighted by Gasteiger charge is 2.36. The summed E-state index contributed by atoms with van der Waals surface area (Å²) < 4.78 is 25.4. The number of methoxy groups -OCH3 is 1. The molecule has 1 amide bonds. The van der Waals surface area contributed by atoms with Gasteiger partial charge in [0.05, 0.1) is 18.7 Å². The molecule has 1 unspecified atom stereocenters. The quantitative estimate of drug-likeness (QED) is 0.465. The summed E-state index contributed by atoms with van der Waals surface area (Å²) in [6.07, 6.45) is 0.969. The average Bonchev–Trinajstić information content (AvgIpc) is 3.15. The number of carbonyl (C=O) groups excluding carboxylic acids is 1. The molecule has 0 saturated carbocycles. The molecule has 0 spiro atoms. The van der Waals surface area contributed by atoms with Crippen LogP contribution >= 0.6 is 11.6 Å². The van der Waals surface area contributed by atoms with Crippen LogP contribution in [-0.4, -0.2) is 41.1 Å². The van der Waals surface area contributed by atoms with E-state index in [-0.39, 0.29) is 11.6 Å². The minimum absolute atomic E-state index is 0.0664. The standard InChI is InChI=1S/C27H25ClFNO5/c1-27(13-17-7-9-21(28)22(29)11-17)14-20-12-18(8-10-24(20)35-27)26(33)30(16-25(31)32)15-19-5-3-4-6-23(19)34-2/h3-12H,13-16H2,1-2H3,(H,31,32). The molecule has 4 rings (SSSR count). The number of fused-ring (bicyclic) bond motifs is 1. The molecule has 0 saturated heterocycles. The monoisotopic (exact) mass is 497 g/mol. The Hall–Kier alpha value is -3.58. The van der Waals surface area contributed by atoms with E-state index in [0.717, 1.165) is 11.1 Å². The van der Waals surface area contributed by atoms with E-state index in [0.29, 0.717) is 35.5 Å². The summed E-state index contributed by atoms with van der Waals surface area (Å²) in [6, 6.07) is 16.9. The van der Waals surface area contributed by atoms with Crippen LogP contribution in [0.1, 0.15) is 34.0 Å². The van der Waals surface area contributed by atoms with Gasteiger partial charge in [-0.25, -0.2) is 4.39 Å². The number of hydrogen-bond acceptors (Lipinski definition) is 4. The van der Waals surface area contributed by atoms with Crippen molar-refractivity contribution in [2.24, 2.45) is 0 Å². The van der Waals surface area contributed by atoms with Gasteiger partial charge in [-0.15, -0.1) is 0 Å². The Morgan fingerprint density at radius 2 is 1.94 bits per heavy atom. The van der Waals surface area contributed by atoms with Gasteiger partial charge in [0.25, 0.3) is 5.91 Å². The average molecular weight is 498 g/mol. The number of amides is 1. The van der Waals surface area contributed by atoms with Crippen molar-refractivity contribution in [3.8, 4) is 11.5 Å². The van der Waals surface area contributed by atoms with Gasteiger partial charge in [0.2, 0.25) is 0 Å². The van der Waals surface area contributed by atoms with Crippen molar-refractivity contribution < 1.29 is 28.6 Å². The van der Waals surface area contributed by atoms with Gasteiger partial charge in [-0.05, 0) is 54.4 Å². The summed E-state index contributed by atoms with van der Waals surface area (Å²) in [5.74, 6) is -0.778. The van der Waals surface area contributed by atoms with Crippen LogP contribution in [0.2, 0.25) is 5.02 Å². The Kier molecular flexibility index (Phi) is 6.98. The van der Waals surface area contributed by atoms with Gasteiger partial charge in [-0.3, -0.25) is 9.59 Å². The molecule has 0 fully saturated rings. The molecule has 35 heavy (non-hydrogen) atoms. The SMILES string of the molecule is COc1ccccc1CN(CC(=O)O)C(=O)c1ccc2c(c1)CC(C)(Cc1ccc(Cl)c(F)c1)O2. The molecule has 1 aliphatic rings. The molecule has 0 bridgehead atoms. The number of para-hydroxylation sites is 1. The normalized spacial score (nSPS) is 16.3. The van der Waals surface area contributed by atoms with Crippen molar-refractivity contribution in [3.63, 3.8) is 0 Å². The number of ether oxygens (including phenoxy) is 2. The Morgan fingerprint density at radius 1 is 1.17 bits per heavy atom. The molecule has 1 aliphatic heterocycles. The van der Waals surface area contributed by atoms with Gasteiger partial charge < -0.3 is 19.5 Å². The third-order valence-corrected chi connectivity index (χ3v) is 6.26. The lowest BCUT2D eigenvalue weighted by atomic mass is 9.91. The van der Waals surface area contributed by atoms with Gasteiger partial charge in [-0.2, -0.15) is 0 Å². The van der Waals surface area contributed by atoms with Crippen molar-refractivity contribution in [2.75, 3.05) is 13.7 Å². The lowest BCUT2D eigenvalue weighted by molar-refractivity contribution is -0.137. The van der Waals surface area contributed by atoms with Crippen molar-refractivity contribution in [1.82, 2.24) is 4.90 Å². The molecule has 6 nitrogen and oxygen atoms in total. The predicted octanol–water partition coefficient (Wildman–Crippen LogP) is 5.15. The Labute approximate surface area is 207 Å². The summed E-state index contributed by atoms with van der Waals surface area (Å²) >= 11 is 5.79. The number of halogens is 2. The maximum Gasteiger partial charge on any atom is 0.323 e. The maximum atomic E-state index is 13.9. The first-order chi connectivity index (χ1) is 16.7. The molecule has 1 N–H and O–H groups in total. The molecule has 1 heterocycles. The highest BCUT2D eigenvalue weighted by atomic mass is 35.5. The molecule has 8 heteroatoms. The number of carboxylic acids is 1. The molecule has 182 valence electrons.